The Balaban J connectivity index is 2.39. The Bertz CT molecular complexity index is 248. The molecule has 2 bridgehead atoms. The van der Waals surface area contributed by atoms with Gasteiger partial charge in [0.1, 0.15) is 5.78 Å². The van der Waals surface area contributed by atoms with E-state index in [9.17, 15) is 4.79 Å². The predicted octanol–water partition coefficient (Wildman–Crippen LogP) is 2.96. The fourth-order valence-electron chi connectivity index (χ4n) is 3.17. The lowest BCUT2D eigenvalue weighted by Crippen LogP contribution is -2.47. The van der Waals surface area contributed by atoms with E-state index in [2.05, 4.69) is 26.0 Å². The van der Waals surface area contributed by atoms with Crippen LogP contribution in [0.25, 0.3) is 0 Å². The third-order valence-corrected chi connectivity index (χ3v) is 4.16. The molecule has 3 aliphatic carbocycles. The van der Waals surface area contributed by atoms with E-state index in [4.69, 9.17) is 0 Å². The van der Waals surface area contributed by atoms with E-state index >= 15 is 0 Å². The normalized spacial score (nSPS) is 35.4. The highest BCUT2D eigenvalue weighted by Crippen LogP contribution is 2.50. The zero-order chi connectivity index (χ0) is 9.47. The minimum atomic E-state index is 0.0116. The Labute approximate surface area is 80.2 Å². The molecule has 1 nitrogen and oxygen atoms in total. The van der Waals surface area contributed by atoms with Gasteiger partial charge < -0.3 is 0 Å². The molecule has 0 N–H and O–H groups in total. The van der Waals surface area contributed by atoms with Crippen LogP contribution in [0.2, 0.25) is 0 Å². The molecular weight excluding hydrogens is 160 g/mol. The Hall–Kier alpha value is -0.590. The van der Waals surface area contributed by atoms with Gasteiger partial charge in [-0.1, -0.05) is 26.0 Å². The average molecular weight is 178 g/mol. The van der Waals surface area contributed by atoms with E-state index < -0.39 is 0 Å². The summed E-state index contributed by atoms with van der Waals surface area (Å²) in [7, 11) is 0. The van der Waals surface area contributed by atoms with Crippen LogP contribution in [0.1, 0.15) is 39.5 Å². The van der Waals surface area contributed by atoms with Gasteiger partial charge in [-0.15, -0.1) is 0 Å². The van der Waals surface area contributed by atoms with Crippen molar-refractivity contribution in [3.63, 3.8) is 0 Å². The minimum absolute atomic E-state index is 0.0116. The zero-order valence-electron chi connectivity index (χ0n) is 8.55. The molecule has 0 aromatic rings. The van der Waals surface area contributed by atoms with Crippen LogP contribution in [0, 0.1) is 17.3 Å². The largest absolute Gasteiger partial charge is 0.298 e. The molecule has 13 heavy (non-hydrogen) atoms. The summed E-state index contributed by atoms with van der Waals surface area (Å²) in [5.41, 5.74) is 0.0116. The fraction of sp³-hybridized carbons (Fsp3) is 0.750. The van der Waals surface area contributed by atoms with Crippen LogP contribution in [-0.4, -0.2) is 5.78 Å². The van der Waals surface area contributed by atoms with Crippen molar-refractivity contribution in [3.05, 3.63) is 12.2 Å². The van der Waals surface area contributed by atoms with E-state index in [0.29, 0.717) is 11.7 Å². The van der Waals surface area contributed by atoms with E-state index in [1.165, 1.54) is 6.42 Å². The molecule has 1 fully saturated rings. The van der Waals surface area contributed by atoms with E-state index in [1.54, 1.807) is 0 Å². The van der Waals surface area contributed by atoms with Gasteiger partial charge in [-0.2, -0.15) is 0 Å². The van der Waals surface area contributed by atoms with Crippen LogP contribution in [0.4, 0.5) is 0 Å². The molecule has 0 spiro atoms. The first-order valence-corrected chi connectivity index (χ1v) is 5.47. The van der Waals surface area contributed by atoms with Crippen molar-refractivity contribution in [1.82, 2.24) is 0 Å². The van der Waals surface area contributed by atoms with Gasteiger partial charge in [-0.05, 0) is 31.6 Å². The number of ketones is 1. The highest BCUT2D eigenvalue weighted by Gasteiger charge is 2.49. The number of Topliss-reactive ketones (excluding diaryl/α,β-unsaturated/α-hetero) is 1. The summed E-state index contributed by atoms with van der Waals surface area (Å²) in [6.07, 6.45) is 8.81. The number of hydrogen-bond acceptors (Lipinski definition) is 1. The summed E-state index contributed by atoms with van der Waals surface area (Å²) in [6.45, 7) is 4.33. The number of carbonyl (C=O) groups excluding carboxylic acids is 1. The second kappa shape index (κ2) is 2.97. The van der Waals surface area contributed by atoms with Gasteiger partial charge in [0.25, 0.3) is 0 Å². The van der Waals surface area contributed by atoms with Gasteiger partial charge in [-0.25, -0.2) is 0 Å². The monoisotopic (exact) mass is 178 g/mol. The van der Waals surface area contributed by atoms with Gasteiger partial charge in [0.15, 0.2) is 0 Å². The van der Waals surface area contributed by atoms with E-state index in [-0.39, 0.29) is 11.3 Å². The van der Waals surface area contributed by atoms with Crippen molar-refractivity contribution < 1.29 is 4.79 Å². The molecule has 72 valence electrons. The number of rotatable bonds is 2. The summed E-state index contributed by atoms with van der Waals surface area (Å²) in [5.74, 6) is 1.32. The van der Waals surface area contributed by atoms with E-state index in [0.717, 1.165) is 19.3 Å². The molecule has 3 rings (SSSR count). The van der Waals surface area contributed by atoms with Crippen molar-refractivity contribution in [1.29, 1.82) is 0 Å². The molecule has 3 aliphatic rings. The van der Waals surface area contributed by atoms with Crippen molar-refractivity contribution in [2.24, 2.45) is 17.3 Å². The molecular formula is C12H18O. The number of allylic oxidation sites excluding steroid dienone is 2. The number of carbonyl (C=O) groups is 1. The average Bonchev–Trinajstić information content (AvgIpc) is 2.21. The van der Waals surface area contributed by atoms with Crippen molar-refractivity contribution in [2.75, 3.05) is 0 Å². The van der Waals surface area contributed by atoms with Crippen molar-refractivity contribution >= 4 is 5.78 Å². The first kappa shape index (κ1) is 8.98. The maximum absolute atomic E-state index is 12.1. The lowest BCUT2D eigenvalue weighted by molar-refractivity contribution is -0.139. The number of fused-ring (bicyclic) bond motifs is 2. The summed E-state index contributed by atoms with van der Waals surface area (Å²) in [5, 5.41) is 0. The van der Waals surface area contributed by atoms with Crippen molar-refractivity contribution in [2.45, 2.75) is 39.5 Å². The van der Waals surface area contributed by atoms with Crippen molar-refractivity contribution in [3.8, 4) is 0 Å². The minimum Gasteiger partial charge on any atom is -0.298 e. The maximum atomic E-state index is 12.1. The summed E-state index contributed by atoms with van der Waals surface area (Å²) >= 11 is 0. The molecule has 0 aliphatic heterocycles. The van der Waals surface area contributed by atoms with E-state index in [1.807, 2.05) is 0 Å². The Morgan fingerprint density at radius 3 is 2.31 bits per heavy atom. The standard InChI is InChI=1S/C12H18O/c1-3-12(4-2)10-7-5-9(6-8-10)11(12)13/h5,7,9-10H,3-4,6,8H2,1-2H3. The molecule has 1 saturated carbocycles. The highest BCUT2D eigenvalue weighted by atomic mass is 16.1. The molecule has 0 aromatic heterocycles. The molecule has 0 saturated heterocycles. The van der Waals surface area contributed by atoms with Crippen LogP contribution in [0.15, 0.2) is 12.2 Å². The smallest absolute Gasteiger partial charge is 0.146 e. The fourth-order valence-corrected chi connectivity index (χ4v) is 3.17. The van der Waals surface area contributed by atoms with Gasteiger partial charge >= 0.3 is 0 Å². The number of hydrogen-bond donors (Lipinski definition) is 0. The molecule has 2 atom stereocenters. The van der Waals surface area contributed by atoms with Gasteiger partial charge in [-0.3, -0.25) is 4.79 Å². The van der Waals surface area contributed by atoms with Crippen LogP contribution in [0.3, 0.4) is 0 Å². The zero-order valence-corrected chi connectivity index (χ0v) is 8.55. The quantitative estimate of drug-likeness (QED) is 0.594. The van der Waals surface area contributed by atoms with Crippen LogP contribution >= 0.6 is 0 Å². The van der Waals surface area contributed by atoms with Gasteiger partial charge in [0.05, 0.1) is 0 Å². The third kappa shape index (κ3) is 1.02. The summed E-state index contributed by atoms with van der Waals surface area (Å²) in [6, 6.07) is 0. The maximum Gasteiger partial charge on any atom is 0.146 e. The molecule has 0 aromatic carbocycles. The summed E-state index contributed by atoms with van der Waals surface area (Å²) < 4.78 is 0. The lowest BCUT2D eigenvalue weighted by Gasteiger charge is -2.46. The topological polar surface area (TPSA) is 17.1 Å². The SMILES string of the molecule is CCC1(CC)C(=O)C2C=CC1CC2. The molecule has 0 radical (unpaired) electrons. The van der Waals surface area contributed by atoms with Gasteiger partial charge in [0, 0.05) is 11.3 Å². The molecule has 1 heteroatoms. The first-order valence-electron chi connectivity index (χ1n) is 5.47. The summed E-state index contributed by atoms with van der Waals surface area (Å²) in [4.78, 5) is 12.1. The Kier molecular flexibility index (Phi) is 2.05. The Morgan fingerprint density at radius 1 is 1.31 bits per heavy atom. The second-order valence-electron chi connectivity index (χ2n) is 4.40. The second-order valence-corrected chi connectivity index (χ2v) is 4.40. The third-order valence-electron chi connectivity index (χ3n) is 4.16. The highest BCUT2D eigenvalue weighted by molar-refractivity contribution is 5.90. The molecule has 0 heterocycles. The molecule has 2 unspecified atom stereocenters. The lowest BCUT2D eigenvalue weighted by atomic mass is 9.56. The predicted molar refractivity (Wildman–Crippen MR) is 53.4 cm³/mol. The first-order chi connectivity index (χ1) is 6.24. The Morgan fingerprint density at radius 2 is 2.00 bits per heavy atom. The van der Waals surface area contributed by atoms with Crippen LogP contribution < -0.4 is 0 Å². The van der Waals surface area contributed by atoms with Crippen LogP contribution in [0.5, 0.6) is 0 Å². The van der Waals surface area contributed by atoms with Gasteiger partial charge in [0.2, 0.25) is 0 Å². The van der Waals surface area contributed by atoms with Crippen LogP contribution in [-0.2, 0) is 4.79 Å². The molecule has 0 amide bonds.